The molecule has 0 aromatic heterocycles. The second kappa shape index (κ2) is 7.68. The highest BCUT2D eigenvalue weighted by molar-refractivity contribution is 5.74. The van der Waals surface area contributed by atoms with Crippen LogP contribution in [0.2, 0.25) is 0 Å². The fraction of sp³-hybridized carbons (Fsp3) is 0.708. The molecule has 168 valence electrons. The van der Waals surface area contributed by atoms with Crippen molar-refractivity contribution in [2.45, 2.75) is 58.4 Å². The number of nitrogens with one attached hydrogen (secondary N) is 1. The van der Waals surface area contributed by atoms with Gasteiger partial charge in [0.05, 0.1) is 4.92 Å². The van der Waals surface area contributed by atoms with Crippen molar-refractivity contribution >= 4 is 23.0 Å². The van der Waals surface area contributed by atoms with Crippen LogP contribution in [0.4, 0.5) is 17.1 Å². The van der Waals surface area contributed by atoms with E-state index in [0.29, 0.717) is 18.8 Å². The number of nitro benzene ring substituents is 1. The minimum atomic E-state index is -0.272. The van der Waals surface area contributed by atoms with Crippen molar-refractivity contribution in [1.82, 2.24) is 4.90 Å². The van der Waals surface area contributed by atoms with Gasteiger partial charge in [0.1, 0.15) is 5.69 Å². The summed E-state index contributed by atoms with van der Waals surface area (Å²) in [6.07, 6.45) is 8.00. The number of hydrogen-bond acceptors (Lipinski definition) is 5. The van der Waals surface area contributed by atoms with E-state index in [0.717, 1.165) is 36.5 Å². The topological polar surface area (TPSA) is 78.7 Å². The summed E-state index contributed by atoms with van der Waals surface area (Å²) in [5, 5.41) is 15.4. The van der Waals surface area contributed by atoms with Crippen molar-refractivity contribution in [1.29, 1.82) is 0 Å². The maximum atomic E-state index is 11.8. The number of nitrogens with zero attached hydrogens (tertiary/aromatic N) is 3. The second-order valence-electron chi connectivity index (χ2n) is 10.6. The average molecular weight is 427 g/mol. The highest BCUT2D eigenvalue weighted by Gasteiger charge is 2.53. The van der Waals surface area contributed by atoms with Gasteiger partial charge in [-0.1, -0.05) is 0 Å². The number of carbonyl (C=O) groups excluding carboxylic acids is 1. The Labute approximate surface area is 184 Å². The van der Waals surface area contributed by atoms with Gasteiger partial charge in [-0.2, -0.15) is 0 Å². The number of hydrogen-bond donors (Lipinski definition) is 1. The number of carbonyl (C=O) groups is 1. The van der Waals surface area contributed by atoms with Crippen LogP contribution in [0.5, 0.6) is 0 Å². The number of piperazine rings is 1. The van der Waals surface area contributed by atoms with Crippen LogP contribution < -0.4 is 10.2 Å². The van der Waals surface area contributed by atoms with E-state index >= 15 is 0 Å². The summed E-state index contributed by atoms with van der Waals surface area (Å²) in [6.45, 7) is 6.74. The molecule has 1 amide bonds. The summed E-state index contributed by atoms with van der Waals surface area (Å²) in [5.41, 5.74) is 2.07. The largest absolute Gasteiger partial charge is 0.376 e. The van der Waals surface area contributed by atoms with Crippen LogP contribution >= 0.6 is 0 Å². The minimum Gasteiger partial charge on any atom is -0.376 e. The Bertz CT molecular complexity index is 842. The molecule has 7 heteroatoms. The quantitative estimate of drug-likeness (QED) is 0.562. The fourth-order valence-corrected chi connectivity index (χ4v) is 7.37. The molecule has 1 saturated heterocycles. The summed E-state index contributed by atoms with van der Waals surface area (Å²) < 4.78 is 0. The zero-order valence-electron chi connectivity index (χ0n) is 18.7. The van der Waals surface area contributed by atoms with Gasteiger partial charge in [-0.15, -0.1) is 0 Å². The highest BCUT2D eigenvalue weighted by atomic mass is 16.6. The van der Waals surface area contributed by atoms with Crippen LogP contribution in [0.15, 0.2) is 18.2 Å². The summed E-state index contributed by atoms with van der Waals surface area (Å²) in [7, 11) is 0. The van der Waals surface area contributed by atoms with E-state index in [1.165, 1.54) is 38.5 Å². The maximum absolute atomic E-state index is 11.8. The molecular weight excluding hydrogens is 392 g/mol. The van der Waals surface area contributed by atoms with Crippen LogP contribution in [0.3, 0.4) is 0 Å². The third kappa shape index (κ3) is 3.76. The third-order valence-corrected chi connectivity index (χ3v) is 8.64. The fourth-order valence-electron chi connectivity index (χ4n) is 7.37. The number of anilines is 2. The van der Waals surface area contributed by atoms with Gasteiger partial charge in [0.25, 0.3) is 5.69 Å². The minimum absolute atomic E-state index is 0.107. The molecule has 0 radical (unpaired) electrons. The Morgan fingerprint density at radius 1 is 1.10 bits per heavy atom. The van der Waals surface area contributed by atoms with Gasteiger partial charge in [0.15, 0.2) is 0 Å². The summed E-state index contributed by atoms with van der Waals surface area (Å²) in [6, 6.07) is 5.67. The summed E-state index contributed by atoms with van der Waals surface area (Å²) in [4.78, 5) is 27.2. The molecule has 7 nitrogen and oxygen atoms in total. The molecule has 6 rings (SSSR count). The van der Waals surface area contributed by atoms with Gasteiger partial charge in [0, 0.05) is 50.9 Å². The number of benzene rings is 1. The van der Waals surface area contributed by atoms with E-state index in [1.54, 1.807) is 13.0 Å². The Morgan fingerprint density at radius 2 is 1.68 bits per heavy atom. The van der Waals surface area contributed by atoms with E-state index in [1.807, 2.05) is 17.0 Å². The van der Waals surface area contributed by atoms with Crippen molar-refractivity contribution in [3.05, 3.63) is 28.3 Å². The molecule has 0 unspecified atom stereocenters. The molecule has 4 bridgehead atoms. The highest BCUT2D eigenvalue weighted by Crippen LogP contribution is 2.61. The van der Waals surface area contributed by atoms with Gasteiger partial charge in [-0.05, 0) is 80.8 Å². The van der Waals surface area contributed by atoms with E-state index < -0.39 is 0 Å². The summed E-state index contributed by atoms with van der Waals surface area (Å²) >= 11 is 0. The maximum Gasteiger partial charge on any atom is 0.292 e. The summed E-state index contributed by atoms with van der Waals surface area (Å²) in [5.74, 6) is 2.67. The van der Waals surface area contributed by atoms with E-state index in [-0.39, 0.29) is 28.0 Å². The lowest BCUT2D eigenvalue weighted by Crippen LogP contribution is -2.53. The van der Waals surface area contributed by atoms with Gasteiger partial charge in [-0.25, -0.2) is 0 Å². The van der Waals surface area contributed by atoms with Crippen LogP contribution in [-0.4, -0.2) is 48.0 Å². The van der Waals surface area contributed by atoms with Crippen molar-refractivity contribution in [2.75, 3.05) is 36.4 Å². The Balaban J connectivity index is 1.36. The van der Waals surface area contributed by atoms with Gasteiger partial charge < -0.3 is 15.1 Å². The van der Waals surface area contributed by atoms with Crippen molar-refractivity contribution in [3.63, 3.8) is 0 Å². The zero-order valence-corrected chi connectivity index (χ0v) is 18.7. The Kier molecular flexibility index (Phi) is 5.10. The SMILES string of the molecule is CC(=O)N1CCN(c2ccc([N+](=O)[O-])c(N[C@@H](C)C34CC5CC(CC(C5)C3)C4)c2)CC1. The van der Waals surface area contributed by atoms with Crippen LogP contribution in [0.1, 0.15) is 52.4 Å². The van der Waals surface area contributed by atoms with Crippen molar-refractivity contribution < 1.29 is 9.72 Å². The molecular formula is C24H34N4O3. The lowest BCUT2D eigenvalue weighted by Gasteiger charge is -2.59. The van der Waals surface area contributed by atoms with Gasteiger partial charge in [0.2, 0.25) is 5.91 Å². The zero-order chi connectivity index (χ0) is 21.8. The van der Waals surface area contributed by atoms with E-state index in [4.69, 9.17) is 0 Å². The number of nitro groups is 1. The lowest BCUT2D eigenvalue weighted by atomic mass is 9.48. The van der Waals surface area contributed by atoms with Crippen molar-refractivity contribution in [3.8, 4) is 0 Å². The molecule has 0 spiro atoms. The first-order chi connectivity index (χ1) is 14.8. The monoisotopic (exact) mass is 426 g/mol. The van der Waals surface area contributed by atoms with E-state index in [9.17, 15) is 14.9 Å². The molecule has 1 atom stereocenters. The molecule has 1 aromatic carbocycles. The smallest absolute Gasteiger partial charge is 0.292 e. The molecule has 5 aliphatic rings. The number of rotatable bonds is 5. The normalized spacial score (nSPS) is 32.8. The average Bonchev–Trinajstić information content (AvgIpc) is 2.72. The number of amides is 1. The Hall–Kier alpha value is -2.31. The molecule has 4 aliphatic carbocycles. The molecule has 1 heterocycles. The van der Waals surface area contributed by atoms with Crippen LogP contribution in [0, 0.1) is 33.3 Å². The second-order valence-corrected chi connectivity index (χ2v) is 10.6. The molecule has 4 saturated carbocycles. The predicted molar refractivity (Wildman–Crippen MR) is 121 cm³/mol. The van der Waals surface area contributed by atoms with Gasteiger partial charge >= 0.3 is 0 Å². The lowest BCUT2D eigenvalue weighted by molar-refractivity contribution is -0.384. The Morgan fingerprint density at radius 3 is 2.19 bits per heavy atom. The van der Waals surface area contributed by atoms with Crippen LogP contribution in [-0.2, 0) is 4.79 Å². The first-order valence-corrected chi connectivity index (χ1v) is 11.9. The molecule has 31 heavy (non-hydrogen) atoms. The van der Waals surface area contributed by atoms with Gasteiger partial charge in [-0.3, -0.25) is 14.9 Å². The van der Waals surface area contributed by atoms with E-state index in [2.05, 4.69) is 17.1 Å². The molecule has 1 N–H and O–H groups in total. The standard InChI is InChI=1S/C24H34N4O3/c1-16(24-13-18-9-19(14-24)11-20(10-18)15-24)25-22-12-21(3-4-23(22)28(30)31)27-7-5-26(6-8-27)17(2)29/h3-4,12,16,18-20,25H,5-11,13-15H2,1-2H3/t16-,18?,19?,20?,24?/m0/s1. The predicted octanol–water partition coefficient (Wildman–Crippen LogP) is 4.28. The molecule has 1 aliphatic heterocycles. The first kappa shape index (κ1) is 20.6. The molecule has 5 fully saturated rings. The third-order valence-electron chi connectivity index (χ3n) is 8.64. The van der Waals surface area contributed by atoms with Crippen LogP contribution in [0.25, 0.3) is 0 Å². The van der Waals surface area contributed by atoms with Crippen molar-refractivity contribution in [2.24, 2.45) is 23.2 Å². The first-order valence-electron chi connectivity index (χ1n) is 11.9. The molecule has 1 aromatic rings.